The van der Waals surface area contributed by atoms with Gasteiger partial charge in [-0.1, -0.05) is 45.1 Å². The average molecular weight is 333 g/mol. The molecule has 0 bridgehead atoms. The van der Waals surface area contributed by atoms with Crippen LogP contribution in [0.15, 0.2) is 24.4 Å². The number of rotatable bonds is 8. The van der Waals surface area contributed by atoms with Crippen molar-refractivity contribution in [2.75, 3.05) is 44.2 Å². The summed E-state index contributed by atoms with van der Waals surface area (Å²) in [5.74, 6) is 1.10. The molecule has 4 nitrogen and oxygen atoms in total. The first-order valence-corrected chi connectivity index (χ1v) is 9.92. The van der Waals surface area contributed by atoms with Crippen LogP contribution in [0.3, 0.4) is 0 Å². The van der Waals surface area contributed by atoms with E-state index >= 15 is 0 Å². The van der Waals surface area contributed by atoms with Gasteiger partial charge >= 0.3 is 0 Å². The van der Waals surface area contributed by atoms with Crippen LogP contribution in [0.1, 0.15) is 52.4 Å². The summed E-state index contributed by atoms with van der Waals surface area (Å²) >= 11 is 0. The molecule has 0 amide bonds. The standard InChI is InChI=1S/C20H36N4/c1-3-4-5-6-7-10-14-23-15-13-21-18-19(2)24(17-16-23)20-11-8-9-12-22-20/h8-9,11-12,19,21H,3-7,10,13-18H2,1-2H3. The molecule has 2 heterocycles. The molecule has 0 aliphatic carbocycles. The van der Waals surface area contributed by atoms with Gasteiger partial charge in [0, 0.05) is 45.0 Å². The van der Waals surface area contributed by atoms with Crippen LogP contribution in [0, 0.1) is 0 Å². The number of unbranched alkanes of at least 4 members (excludes halogenated alkanes) is 5. The summed E-state index contributed by atoms with van der Waals surface area (Å²) in [6.45, 7) is 11.3. The molecule has 2 rings (SSSR count). The van der Waals surface area contributed by atoms with Crippen molar-refractivity contribution < 1.29 is 0 Å². The van der Waals surface area contributed by atoms with Crippen LogP contribution in [0.5, 0.6) is 0 Å². The molecular weight excluding hydrogens is 296 g/mol. The zero-order valence-electron chi connectivity index (χ0n) is 15.7. The van der Waals surface area contributed by atoms with E-state index in [1.165, 1.54) is 45.1 Å². The topological polar surface area (TPSA) is 31.4 Å². The first kappa shape index (κ1) is 19.2. The third kappa shape index (κ3) is 6.78. The van der Waals surface area contributed by atoms with E-state index in [0.29, 0.717) is 6.04 Å². The Morgan fingerprint density at radius 3 is 2.71 bits per heavy atom. The van der Waals surface area contributed by atoms with Crippen LogP contribution >= 0.6 is 0 Å². The molecule has 24 heavy (non-hydrogen) atoms. The summed E-state index contributed by atoms with van der Waals surface area (Å²) < 4.78 is 0. The summed E-state index contributed by atoms with van der Waals surface area (Å²) in [6.07, 6.45) is 10.1. The lowest BCUT2D eigenvalue weighted by Crippen LogP contribution is -2.42. The summed E-state index contributed by atoms with van der Waals surface area (Å²) in [7, 11) is 0. The quantitative estimate of drug-likeness (QED) is 0.738. The van der Waals surface area contributed by atoms with E-state index in [1.807, 2.05) is 12.3 Å². The summed E-state index contributed by atoms with van der Waals surface area (Å²) in [4.78, 5) is 9.64. The number of nitrogens with one attached hydrogen (secondary N) is 1. The Labute approximate surface area is 148 Å². The van der Waals surface area contributed by atoms with E-state index in [9.17, 15) is 0 Å². The normalized spacial score (nSPS) is 20.4. The van der Waals surface area contributed by atoms with E-state index in [4.69, 9.17) is 0 Å². The SMILES string of the molecule is CCCCCCCCN1CCNCC(C)N(c2ccccn2)CC1. The van der Waals surface area contributed by atoms with E-state index in [1.54, 1.807) is 0 Å². The predicted molar refractivity (Wildman–Crippen MR) is 104 cm³/mol. The smallest absolute Gasteiger partial charge is 0.128 e. The number of pyridine rings is 1. The highest BCUT2D eigenvalue weighted by molar-refractivity contribution is 5.39. The first-order valence-electron chi connectivity index (χ1n) is 9.92. The van der Waals surface area contributed by atoms with Crippen molar-refractivity contribution in [3.05, 3.63) is 24.4 Å². The van der Waals surface area contributed by atoms with Crippen molar-refractivity contribution in [3.8, 4) is 0 Å². The van der Waals surface area contributed by atoms with Gasteiger partial charge in [0.1, 0.15) is 5.82 Å². The minimum Gasteiger partial charge on any atom is -0.351 e. The maximum Gasteiger partial charge on any atom is 0.128 e. The highest BCUT2D eigenvalue weighted by atomic mass is 15.3. The number of hydrogen-bond acceptors (Lipinski definition) is 4. The molecule has 4 heteroatoms. The van der Waals surface area contributed by atoms with Gasteiger partial charge in [-0.2, -0.15) is 0 Å². The molecule has 1 aliphatic heterocycles. The minimum absolute atomic E-state index is 0.480. The Bertz CT molecular complexity index is 423. The van der Waals surface area contributed by atoms with Crippen molar-refractivity contribution in [2.24, 2.45) is 0 Å². The number of aromatic nitrogens is 1. The molecular formula is C20H36N4. The zero-order chi connectivity index (χ0) is 17.0. The molecule has 1 fully saturated rings. The van der Waals surface area contributed by atoms with Gasteiger partial charge in [-0.25, -0.2) is 4.98 Å². The maximum atomic E-state index is 4.56. The summed E-state index contributed by atoms with van der Waals surface area (Å²) in [5, 5.41) is 3.61. The lowest BCUT2D eigenvalue weighted by molar-refractivity contribution is 0.276. The molecule has 1 N–H and O–H groups in total. The molecule has 1 atom stereocenters. The van der Waals surface area contributed by atoms with Crippen molar-refractivity contribution >= 4 is 5.82 Å². The van der Waals surface area contributed by atoms with E-state index in [0.717, 1.165) is 38.5 Å². The van der Waals surface area contributed by atoms with Crippen molar-refractivity contribution in [2.45, 2.75) is 58.4 Å². The largest absolute Gasteiger partial charge is 0.351 e. The van der Waals surface area contributed by atoms with Crippen molar-refractivity contribution in [1.29, 1.82) is 0 Å². The molecule has 0 saturated carbocycles. The average Bonchev–Trinajstić information content (AvgIpc) is 2.70. The molecule has 1 aromatic heterocycles. The molecule has 1 saturated heterocycles. The van der Waals surface area contributed by atoms with Crippen molar-refractivity contribution in [3.63, 3.8) is 0 Å². The van der Waals surface area contributed by atoms with Gasteiger partial charge in [0.25, 0.3) is 0 Å². The van der Waals surface area contributed by atoms with Gasteiger partial charge in [-0.3, -0.25) is 0 Å². The number of nitrogens with zero attached hydrogens (tertiary/aromatic N) is 3. The fourth-order valence-corrected chi connectivity index (χ4v) is 3.44. The molecule has 1 aromatic rings. The van der Waals surface area contributed by atoms with E-state index in [2.05, 4.69) is 46.1 Å². The second kappa shape index (κ2) is 11.4. The van der Waals surface area contributed by atoms with Crippen LogP contribution in [0.25, 0.3) is 0 Å². The van der Waals surface area contributed by atoms with Gasteiger partial charge in [-0.15, -0.1) is 0 Å². The van der Waals surface area contributed by atoms with Gasteiger partial charge in [0.15, 0.2) is 0 Å². The Morgan fingerprint density at radius 1 is 1.08 bits per heavy atom. The monoisotopic (exact) mass is 332 g/mol. The summed E-state index contributed by atoms with van der Waals surface area (Å²) in [6, 6.07) is 6.69. The lowest BCUT2D eigenvalue weighted by Gasteiger charge is -2.31. The lowest BCUT2D eigenvalue weighted by atomic mass is 10.1. The molecule has 0 aromatic carbocycles. The van der Waals surface area contributed by atoms with E-state index in [-0.39, 0.29) is 0 Å². The van der Waals surface area contributed by atoms with Gasteiger partial charge in [-0.05, 0) is 32.0 Å². The van der Waals surface area contributed by atoms with Crippen LogP contribution in [-0.4, -0.2) is 55.2 Å². The minimum atomic E-state index is 0.480. The third-order valence-electron chi connectivity index (χ3n) is 5.01. The van der Waals surface area contributed by atoms with Gasteiger partial charge in [0.05, 0.1) is 0 Å². The number of anilines is 1. The van der Waals surface area contributed by atoms with Crippen LogP contribution in [-0.2, 0) is 0 Å². The molecule has 136 valence electrons. The maximum absolute atomic E-state index is 4.56. The Balaban J connectivity index is 1.80. The highest BCUT2D eigenvalue weighted by Gasteiger charge is 2.18. The first-order chi connectivity index (χ1) is 11.8. The fraction of sp³-hybridized carbons (Fsp3) is 0.750. The predicted octanol–water partition coefficient (Wildman–Crippen LogP) is 3.54. The molecule has 1 unspecified atom stereocenters. The third-order valence-corrected chi connectivity index (χ3v) is 5.01. The molecule has 0 radical (unpaired) electrons. The summed E-state index contributed by atoms with van der Waals surface area (Å²) in [5.41, 5.74) is 0. The molecule has 1 aliphatic rings. The Hall–Kier alpha value is -1.13. The number of hydrogen-bond donors (Lipinski definition) is 1. The van der Waals surface area contributed by atoms with Crippen LogP contribution in [0.4, 0.5) is 5.82 Å². The molecule has 0 spiro atoms. The van der Waals surface area contributed by atoms with Gasteiger partial charge in [0.2, 0.25) is 0 Å². The van der Waals surface area contributed by atoms with Crippen LogP contribution in [0.2, 0.25) is 0 Å². The zero-order valence-corrected chi connectivity index (χ0v) is 15.7. The van der Waals surface area contributed by atoms with Crippen molar-refractivity contribution in [1.82, 2.24) is 15.2 Å². The second-order valence-electron chi connectivity index (χ2n) is 7.04. The second-order valence-corrected chi connectivity index (χ2v) is 7.04. The highest BCUT2D eigenvalue weighted by Crippen LogP contribution is 2.14. The Kier molecular flexibility index (Phi) is 9.14. The fourth-order valence-electron chi connectivity index (χ4n) is 3.44. The van der Waals surface area contributed by atoms with Gasteiger partial charge < -0.3 is 15.1 Å². The van der Waals surface area contributed by atoms with E-state index < -0.39 is 0 Å². The Morgan fingerprint density at radius 2 is 1.92 bits per heavy atom. The van der Waals surface area contributed by atoms with Crippen LogP contribution < -0.4 is 10.2 Å².